The highest BCUT2D eigenvalue weighted by atomic mass is 35.5. The van der Waals surface area contributed by atoms with Crippen molar-refractivity contribution in [2.24, 2.45) is 5.92 Å². The van der Waals surface area contributed by atoms with Gasteiger partial charge in [0, 0.05) is 31.1 Å². The Labute approximate surface area is 186 Å². The van der Waals surface area contributed by atoms with Gasteiger partial charge in [0.2, 0.25) is 0 Å². The molecule has 2 heterocycles. The highest BCUT2D eigenvalue weighted by molar-refractivity contribution is 6.39. The lowest BCUT2D eigenvalue weighted by molar-refractivity contribution is -0.143. The molecule has 0 atom stereocenters. The summed E-state index contributed by atoms with van der Waals surface area (Å²) in [5.41, 5.74) is 3.49. The minimum atomic E-state index is -0.728. The van der Waals surface area contributed by atoms with E-state index in [-0.39, 0.29) is 17.7 Å². The minimum absolute atomic E-state index is 0.181. The number of carboxylic acids is 1. The van der Waals surface area contributed by atoms with Crippen LogP contribution in [0.15, 0.2) is 30.3 Å². The number of benzene rings is 2. The van der Waals surface area contributed by atoms with Crippen LogP contribution in [0.3, 0.4) is 0 Å². The maximum absolute atomic E-state index is 15.0. The summed E-state index contributed by atoms with van der Waals surface area (Å²) in [6.07, 6.45) is 1.24. The van der Waals surface area contributed by atoms with Gasteiger partial charge in [0.05, 0.1) is 21.7 Å². The molecule has 2 fully saturated rings. The van der Waals surface area contributed by atoms with Crippen LogP contribution in [0.2, 0.25) is 10.0 Å². The van der Waals surface area contributed by atoms with Crippen molar-refractivity contribution in [2.45, 2.75) is 32.2 Å². The second kappa shape index (κ2) is 8.74. The normalized spacial score (nSPS) is 18.5. The summed E-state index contributed by atoms with van der Waals surface area (Å²) >= 11 is 12.6. The lowest BCUT2D eigenvalue weighted by Crippen LogP contribution is -2.45. The number of aliphatic carboxylic acids is 1. The van der Waals surface area contributed by atoms with Gasteiger partial charge >= 0.3 is 5.97 Å². The quantitative estimate of drug-likeness (QED) is 0.667. The molecule has 0 unspecified atom stereocenters. The first-order chi connectivity index (χ1) is 14.3. The van der Waals surface area contributed by atoms with Gasteiger partial charge < -0.3 is 10.0 Å². The number of carbonyl (C=O) groups is 1. The highest BCUT2D eigenvalue weighted by Gasteiger charge is 2.32. The zero-order valence-corrected chi connectivity index (χ0v) is 18.4. The third-order valence-corrected chi connectivity index (χ3v) is 6.98. The average Bonchev–Trinajstić information content (AvgIpc) is 2.66. The van der Waals surface area contributed by atoms with Gasteiger partial charge in [0.25, 0.3) is 0 Å². The summed E-state index contributed by atoms with van der Waals surface area (Å²) in [5.74, 6) is -0.942. The standard InChI is InChI=1S/C23H25Cl2FN2O2/c1-14-9-16(17-11-28(12-17)22-19(24)3-2-4-20(22)25)10-21(26)18(14)13-27-7-5-15(6-8-27)23(29)30/h2-4,9-10,15,17H,5-8,11-13H2,1H3,(H,29,30). The van der Waals surface area contributed by atoms with Crippen LogP contribution in [0.1, 0.15) is 35.4 Å². The second-order valence-corrected chi connectivity index (χ2v) is 9.17. The number of piperidine rings is 1. The summed E-state index contributed by atoms with van der Waals surface area (Å²) in [4.78, 5) is 15.4. The largest absolute Gasteiger partial charge is 0.481 e. The van der Waals surface area contributed by atoms with Crippen LogP contribution in [-0.2, 0) is 11.3 Å². The number of para-hydroxylation sites is 1. The fraction of sp³-hybridized carbons (Fsp3) is 0.435. The van der Waals surface area contributed by atoms with Gasteiger partial charge in [-0.3, -0.25) is 9.69 Å². The Bertz CT molecular complexity index is 911. The first-order valence-corrected chi connectivity index (χ1v) is 11.0. The van der Waals surface area contributed by atoms with Crippen molar-refractivity contribution < 1.29 is 14.3 Å². The molecule has 7 heteroatoms. The van der Waals surface area contributed by atoms with Crippen LogP contribution in [0, 0.1) is 18.7 Å². The fourth-order valence-corrected chi connectivity index (χ4v) is 5.10. The number of nitrogens with zero attached hydrogens (tertiary/aromatic N) is 2. The SMILES string of the molecule is Cc1cc(C2CN(c3c(Cl)cccc3Cl)C2)cc(F)c1CN1CCC(C(=O)O)CC1. The van der Waals surface area contributed by atoms with Gasteiger partial charge in [-0.25, -0.2) is 4.39 Å². The number of aryl methyl sites for hydroxylation is 1. The number of likely N-dealkylation sites (tertiary alicyclic amines) is 1. The molecule has 0 spiro atoms. The molecule has 0 amide bonds. The molecule has 2 saturated heterocycles. The van der Waals surface area contributed by atoms with Crippen molar-refractivity contribution >= 4 is 34.9 Å². The molecular weight excluding hydrogens is 426 g/mol. The number of halogens is 3. The molecule has 2 aromatic rings. The molecule has 0 saturated carbocycles. The molecular formula is C23H25Cl2FN2O2. The Morgan fingerprint density at radius 1 is 1.17 bits per heavy atom. The van der Waals surface area contributed by atoms with E-state index in [9.17, 15) is 9.18 Å². The molecule has 1 N–H and O–H groups in total. The van der Waals surface area contributed by atoms with Crippen molar-refractivity contribution in [1.29, 1.82) is 0 Å². The van der Waals surface area contributed by atoms with Crippen molar-refractivity contribution in [2.75, 3.05) is 31.1 Å². The van der Waals surface area contributed by atoms with E-state index in [2.05, 4.69) is 15.9 Å². The molecule has 0 radical (unpaired) electrons. The van der Waals surface area contributed by atoms with Gasteiger partial charge in [-0.2, -0.15) is 0 Å². The number of carboxylic acid groups (broad SMARTS) is 1. The molecule has 30 heavy (non-hydrogen) atoms. The molecule has 0 aliphatic carbocycles. The predicted molar refractivity (Wildman–Crippen MR) is 118 cm³/mol. The molecule has 0 bridgehead atoms. The summed E-state index contributed by atoms with van der Waals surface area (Å²) in [6, 6.07) is 9.22. The van der Waals surface area contributed by atoms with Gasteiger partial charge in [0.15, 0.2) is 0 Å². The number of hydrogen-bond acceptors (Lipinski definition) is 3. The highest BCUT2D eigenvalue weighted by Crippen LogP contribution is 2.40. The van der Waals surface area contributed by atoms with E-state index in [0.29, 0.717) is 48.1 Å². The molecule has 2 aliphatic rings. The summed E-state index contributed by atoms with van der Waals surface area (Å²) in [6.45, 7) is 5.36. The average molecular weight is 451 g/mol. The number of hydrogen-bond donors (Lipinski definition) is 1. The number of rotatable bonds is 5. The van der Waals surface area contributed by atoms with Gasteiger partial charge in [-0.1, -0.05) is 35.3 Å². The summed E-state index contributed by atoms with van der Waals surface area (Å²) in [7, 11) is 0. The Kier molecular flexibility index (Phi) is 6.24. The molecule has 4 nitrogen and oxygen atoms in total. The van der Waals surface area contributed by atoms with Crippen LogP contribution in [0.5, 0.6) is 0 Å². The second-order valence-electron chi connectivity index (χ2n) is 8.36. The fourth-order valence-electron chi connectivity index (χ4n) is 4.46. The van der Waals surface area contributed by atoms with E-state index in [0.717, 1.165) is 29.9 Å². The van der Waals surface area contributed by atoms with Gasteiger partial charge in [-0.05, 0) is 62.2 Å². The van der Waals surface area contributed by atoms with Crippen molar-refractivity contribution in [1.82, 2.24) is 4.90 Å². The lowest BCUT2D eigenvalue weighted by atomic mass is 9.88. The Balaban J connectivity index is 1.41. The van der Waals surface area contributed by atoms with E-state index < -0.39 is 5.97 Å². The molecule has 2 aliphatic heterocycles. The Hall–Kier alpha value is -1.82. The first-order valence-electron chi connectivity index (χ1n) is 10.3. The summed E-state index contributed by atoms with van der Waals surface area (Å²) < 4.78 is 15.0. The Morgan fingerprint density at radius 2 is 1.80 bits per heavy atom. The smallest absolute Gasteiger partial charge is 0.306 e. The van der Waals surface area contributed by atoms with Gasteiger partial charge in [-0.15, -0.1) is 0 Å². The van der Waals surface area contributed by atoms with E-state index in [1.165, 1.54) is 0 Å². The maximum Gasteiger partial charge on any atom is 0.306 e. The van der Waals surface area contributed by atoms with Crippen LogP contribution in [0.25, 0.3) is 0 Å². The van der Waals surface area contributed by atoms with E-state index in [4.69, 9.17) is 28.3 Å². The zero-order chi connectivity index (χ0) is 21.4. The zero-order valence-electron chi connectivity index (χ0n) is 16.9. The molecule has 0 aromatic heterocycles. The van der Waals surface area contributed by atoms with Crippen molar-refractivity contribution in [3.63, 3.8) is 0 Å². The van der Waals surface area contributed by atoms with E-state index >= 15 is 0 Å². The monoisotopic (exact) mass is 450 g/mol. The van der Waals surface area contributed by atoms with Crippen molar-refractivity contribution in [3.05, 3.63) is 62.9 Å². The summed E-state index contributed by atoms with van der Waals surface area (Å²) in [5, 5.41) is 10.4. The number of anilines is 1. The third kappa shape index (κ3) is 4.29. The maximum atomic E-state index is 15.0. The van der Waals surface area contributed by atoms with Crippen LogP contribution in [-0.4, -0.2) is 42.2 Å². The topological polar surface area (TPSA) is 43.8 Å². The Morgan fingerprint density at radius 3 is 2.37 bits per heavy atom. The minimum Gasteiger partial charge on any atom is -0.481 e. The predicted octanol–water partition coefficient (Wildman–Crippen LogP) is 5.34. The first kappa shape index (κ1) is 21.4. The van der Waals surface area contributed by atoms with Crippen molar-refractivity contribution in [3.8, 4) is 0 Å². The third-order valence-electron chi connectivity index (χ3n) is 6.37. The van der Waals surface area contributed by atoms with Crippen LogP contribution < -0.4 is 4.90 Å². The van der Waals surface area contributed by atoms with E-state index in [1.54, 1.807) is 6.07 Å². The van der Waals surface area contributed by atoms with Gasteiger partial charge in [0.1, 0.15) is 5.82 Å². The lowest BCUT2D eigenvalue weighted by Gasteiger charge is -2.42. The van der Waals surface area contributed by atoms with E-state index in [1.807, 2.05) is 25.1 Å². The molecule has 2 aromatic carbocycles. The molecule has 160 valence electrons. The van der Waals surface area contributed by atoms with Crippen LogP contribution >= 0.6 is 23.2 Å². The van der Waals surface area contributed by atoms with Crippen LogP contribution in [0.4, 0.5) is 10.1 Å². The molecule has 4 rings (SSSR count).